The normalized spacial score (nSPS) is 14.4. The van der Waals surface area contributed by atoms with Crippen LogP contribution in [-0.4, -0.2) is 75.5 Å². The Hall–Kier alpha value is -1.19. The lowest BCUT2D eigenvalue weighted by Crippen LogP contribution is -2.39. The zero-order chi connectivity index (χ0) is 21.8. The van der Waals surface area contributed by atoms with E-state index >= 15 is 0 Å². The molecule has 0 bridgehead atoms. The summed E-state index contributed by atoms with van der Waals surface area (Å²) in [5, 5.41) is -1.96. The first-order chi connectivity index (χ1) is 12.9. The topological polar surface area (TPSA) is 107 Å². The van der Waals surface area contributed by atoms with Crippen LogP contribution in [0.3, 0.4) is 0 Å². The summed E-state index contributed by atoms with van der Waals surface area (Å²) in [6.45, 7) is 4.83. The number of esters is 2. The van der Waals surface area contributed by atoms with Crippen molar-refractivity contribution in [2.75, 3.05) is 40.9 Å². The van der Waals surface area contributed by atoms with E-state index in [1.165, 1.54) is 0 Å². The SMILES string of the molecule is CCCCCC(CCC)COC(=O)C(CC(=O)OCC[N+](C)(C)C)S(=O)(=O)O. The zero-order valence-electron chi connectivity index (χ0n) is 18.0. The molecule has 0 aromatic rings. The molecule has 0 aromatic carbocycles. The van der Waals surface area contributed by atoms with Crippen LogP contribution in [0.25, 0.3) is 0 Å². The summed E-state index contributed by atoms with van der Waals surface area (Å²) in [6, 6.07) is 0. The fourth-order valence-corrected chi connectivity index (χ4v) is 3.31. The lowest BCUT2D eigenvalue weighted by Gasteiger charge is -2.23. The Morgan fingerprint density at radius 2 is 1.64 bits per heavy atom. The van der Waals surface area contributed by atoms with Crippen molar-refractivity contribution in [2.24, 2.45) is 5.92 Å². The highest BCUT2D eigenvalue weighted by Crippen LogP contribution is 2.17. The van der Waals surface area contributed by atoms with Gasteiger partial charge in [-0.1, -0.05) is 39.5 Å². The molecular formula is C19H38NO7S+. The molecule has 8 nitrogen and oxygen atoms in total. The van der Waals surface area contributed by atoms with Gasteiger partial charge in [-0.05, 0) is 18.8 Å². The van der Waals surface area contributed by atoms with Crippen molar-refractivity contribution in [3.8, 4) is 0 Å². The second-order valence-corrected chi connectivity index (χ2v) is 9.82. The molecule has 0 aliphatic heterocycles. The van der Waals surface area contributed by atoms with Crippen LogP contribution >= 0.6 is 0 Å². The summed E-state index contributed by atoms with van der Waals surface area (Å²) in [5.41, 5.74) is 0. The molecule has 0 fully saturated rings. The fraction of sp³-hybridized carbons (Fsp3) is 0.895. The Morgan fingerprint density at radius 3 is 2.14 bits per heavy atom. The van der Waals surface area contributed by atoms with Crippen LogP contribution in [0.2, 0.25) is 0 Å². The quantitative estimate of drug-likeness (QED) is 0.186. The van der Waals surface area contributed by atoms with E-state index in [9.17, 15) is 22.6 Å². The summed E-state index contributed by atoms with van der Waals surface area (Å²) in [4.78, 5) is 24.1. The van der Waals surface area contributed by atoms with Crippen molar-refractivity contribution in [3.63, 3.8) is 0 Å². The van der Waals surface area contributed by atoms with Crippen molar-refractivity contribution in [3.05, 3.63) is 0 Å². The molecular weight excluding hydrogens is 386 g/mol. The van der Waals surface area contributed by atoms with Crippen LogP contribution in [0, 0.1) is 5.92 Å². The minimum atomic E-state index is -4.77. The van der Waals surface area contributed by atoms with Crippen LogP contribution in [0.5, 0.6) is 0 Å². The first-order valence-electron chi connectivity index (χ1n) is 9.99. The molecule has 0 amide bonds. The van der Waals surface area contributed by atoms with Crippen LogP contribution in [0.4, 0.5) is 0 Å². The number of quaternary nitrogens is 1. The molecule has 0 heterocycles. The van der Waals surface area contributed by atoms with E-state index in [1.807, 2.05) is 28.1 Å². The van der Waals surface area contributed by atoms with Gasteiger partial charge in [0.25, 0.3) is 10.1 Å². The van der Waals surface area contributed by atoms with Crippen molar-refractivity contribution in [1.82, 2.24) is 0 Å². The van der Waals surface area contributed by atoms with Gasteiger partial charge in [0.15, 0.2) is 5.25 Å². The van der Waals surface area contributed by atoms with Gasteiger partial charge in [-0.3, -0.25) is 14.1 Å². The molecule has 166 valence electrons. The van der Waals surface area contributed by atoms with Crippen molar-refractivity contribution in [1.29, 1.82) is 0 Å². The molecule has 0 saturated heterocycles. The first-order valence-corrected chi connectivity index (χ1v) is 11.5. The monoisotopic (exact) mass is 424 g/mol. The maximum Gasteiger partial charge on any atom is 0.327 e. The highest BCUT2D eigenvalue weighted by molar-refractivity contribution is 7.87. The average Bonchev–Trinajstić information content (AvgIpc) is 2.55. The smallest absolute Gasteiger partial charge is 0.327 e. The number of rotatable bonds is 15. The summed E-state index contributed by atoms with van der Waals surface area (Å²) in [6.07, 6.45) is 5.09. The van der Waals surface area contributed by atoms with Gasteiger partial charge in [-0.15, -0.1) is 0 Å². The van der Waals surface area contributed by atoms with Gasteiger partial charge in [0.05, 0.1) is 34.2 Å². The second-order valence-electron chi connectivity index (χ2n) is 8.22. The van der Waals surface area contributed by atoms with E-state index < -0.39 is 33.7 Å². The number of nitrogens with zero attached hydrogens (tertiary/aromatic N) is 1. The van der Waals surface area contributed by atoms with E-state index in [2.05, 4.69) is 6.92 Å². The van der Waals surface area contributed by atoms with Gasteiger partial charge >= 0.3 is 11.9 Å². The van der Waals surface area contributed by atoms with Gasteiger partial charge < -0.3 is 14.0 Å². The van der Waals surface area contributed by atoms with Crippen LogP contribution in [0.15, 0.2) is 0 Å². The Balaban J connectivity index is 4.74. The predicted molar refractivity (Wildman–Crippen MR) is 107 cm³/mol. The van der Waals surface area contributed by atoms with Crippen LogP contribution < -0.4 is 0 Å². The molecule has 0 rings (SSSR count). The number of unbranched alkanes of at least 4 members (excludes halogenated alkanes) is 2. The lowest BCUT2D eigenvalue weighted by atomic mass is 9.97. The summed E-state index contributed by atoms with van der Waals surface area (Å²) in [5.74, 6) is -1.83. The average molecular weight is 425 g/mol. The number of hydrogen-bond acceptors (Lipinski definition) is 6. The third-order valence-corrected chi connectivity index (χ3v) is 5.45. The summed E-state index contributed by atoms with van der Waals surface area (Å²) < 4.78 is 43.2. The maximum atomic E-state index is 12.2. The second kappa shape index (κ2) is 13.1. The Morgan fingerprint density at radius 1 is 1.00 bits per heavy atom. The molecule has 0 spiro atoms. The number of carbonyl (C=O) groups excluding carboxylic acids is 2. The number of carbonyl (C=O) groups is 2. The van der Waals surface area contributed by atoms with Crippen LogP contribution in [0.1, 0.15) is 58.8 Å². The third-order valence-electron chi connectivity index (χ3n) is 4.37. The minimum Gasteiger partial charge on any atom is -0.464 e. The van der Waals surface area contributed by atoms with E-state index in [4.69, 9.17) is 9.47 Å². The molecule has 1 N–H and O–H groups in total. The molecule has 2 atom stereocenters. The van der Waals surface area contributed by atoms with Gasteiger partial charge in [0.1, 0.15) is 13.2 Å². The Kier molecular flexibility index (Phi) is 12.6. The zero-order valence-corrected chi connectivity index (χ0v) is 18.8. The molecule has 0 aliphatic rings. The highest BCUT2D eigenvalue weighted by atomic mass is 32.2. The van der Waals surface area contributed by atoms with Gasteiger partial charge in [0.2, 0.25) is 0 Å². The number of ether oxygens (including phenoxy) is 2. The highest BCUT2D eigenvalue weighted by Gasteiger charge is 2.36. The standard InChI is InChI=1S/C19H37NO7S/c1-6-8-9-11-16(10-7-2)15-27-19(22)17(28(23,24)25)14-18(21)26-13-12-20(3,4)5/h16-17H,6-15H2,1-5H3/p+1. The molecule has 2 unspecified atom stereocenters. The van der Waals surface area contributed by atoms with Gasteiger partial charge in [0, 0.05) is 0 Å². The Bertz CT molecular complexity index is 569. The van der Waals surface area contributed by atoms with E-state index in [0.29, 0.717) is 11.0 Å². The molecule has 0 aromatic heterocycles. The van der Waals surface area contributed by atoms with E-state index in [-0.39, 0.29) is 19.1 Å². The van der Waals surface area contributed by atoms with Crippen molar-refractivity contribution in [2.45, 2.75) is 64.0 Å². The van der Waals surface area contributed by atoms with Crippen LogP contribution in [-0.2, 0) is 29.2 Å². The minimum absolute atomic E-state index is 0.0823. The van der Waals surface area contributed by atoms with Crippen molar-refractivity contribution >= 4 is 22.1 Å². The molecule has 0 aliphatic carbocycles. The molecule has 28 heavy (non-hydrogen) atoms. The molecule has 0 radical (unpaired) electrons. The lowest BCUT2D eigenvalue weighted by molar-refractivity contribution is -0.870. The molecule has 9 heteroatoms. The maximum absolute atomic E-state index is 12.2. The fourth-order valence-electron chi connectivity index (χ4n) is 2.65. The predicted octanol–water partition coefficient (Wildman–Crippen LogP) is 2.42. The number of likely N-dealkylation sites (N-methyl/N-ethyl adjacent to an activating group) is 1. The van der Waals surface area contributed by atoms with E-state index in [1.54, 1.807) is 0 Å². The van der Waals surface area contributed by atoms with Crippen molar-refractivity contribution < 1.29 is 36.5 Å². The largest absolute Gasteiger partial charge is 0.464 e. The summed E-state index contributed by atoms with van der Waals surface area (Å²) in [7, 11) is 0.975. The summed E-state index contributed by atoms with van der Waals surface area (Å²) >= 11 is 0. The third kappa shape index (κ3) is 13.1. The van der Waals surface area contributed by atoms with E-state index in [0.717, 1.165) is 38.5 Å². The Labute approximate surface area is 169 Å². The van der Waals surface area contributed by atoms with Gasteiger partial charge in [-0.2, -0.15) is 8.42 Å². The first kappa shape index (κ1) is 26.8. The van der Waals surface area contributed by atoms with Gasteiger partial charge in [-0.25, -0.2) is 0 Å². The number of hydrogen-bond donors (Lipinski definition) is 1. The molecule has 0 saturated carbocycles.